The second-order valence-corrected chi connectivity index (χ2v) is 8.45. The maximum atomic E-state index is 13.2. The number of fused-ring (bicyclic) bond motifs is 1. The lowest BCUT2D eigenvalue weighted by atomic mass is 10.2. The van der Waals surface area contributed by atoms with E-state index in [1.165, 1.54) is 0 Å². The van der Waals surface area contributed by atoms with Crippen LogP contribution >= 0.6 is 0 Å². The van der Waals surface area contributed by atoms with Crippen LogP contribution < -0.4 is 22.1 Å². The highest BCUT2D eigenvalue weighted by atomic mass is 16.3. The van der Waals surface area contributed by atoms with E-state index in [0.29, 0.717) is 46.4 Å². The zero-order valence-corrected chi connectivity index (χ0v) is 20.3. The number of hydrogen-bond acceptors (Lipinski definition) is 9. The number of nitrogens with zero attached hydrogens (tertiary/aromatic N) is 6. The molecule has 0 saturated heterocycles. The summed E-state index contributed by atoms with van der Waals surface area (Å²) in [5.74, 6) is 1.28. The van der Waals surface area contributed by atoms with Crippen molar-refractivity contribution in [2.24, 2.45) is 0 Å². The number of imidazole rings is 1. The SMILES string of the molecule is CCn1nc(C)cc1NC(=O)Cn1c(-c2ccc(O)cc2)nc2c(Nc3ccc(N)cc3)nc(N)nc21. The number of nitrogen functional groups attached to an aromatic ring is 2. The molecule has 0 unspecified atom stereocenters. The van der Waals surface area contributed by atoms with Gasteiger partial charge in [-0.15, -0.1) is 0 Å². The molecule has 0 spiro atoms. The summed E-state index contributed by atoms with van der Waals surface area (Å²) in [6, 6.07) is 15.5. The van der Waals surface area contributed by atoms with Crippen molar-refractivity contribution in [1.82, 2.24) is 29.3 Å². The second kappa shape index (κ2) is 9.49. The van der Waals surface area contributed by atoms with Crippen LogP contribution in [0.4, 0.5) is 29.0 Å². The molecule has 7 N–H and O–H groups in total. The van der Waals surface area contributed by atoms with E-state index in [-0.39, 0.29) is 24.1 Å². The summed E-state index contributed by atoms with van der Waals surface area (Å²) >= 11 is 0. The van der Waals surface area contributed by atoms with E-state index in [0.717, 1.165) is 11.4 Å². The van der Waals surface area contributed by atoms with Crippen LogP contribution in [-0.4, -0.2) is 40.3 Å². The minimum absolute atomic E-state index is 0.0175. The van der Waals surface area contributed by atoms with Crippen molar-refractivity contribution in [3.05, 3.63) is 60.3 Å². The Labute approximate surface area is 212 Å². The number of benzene rings is 2. The van der Waals surface area contributed by atoms with Crippen molar-refractivity contribution >= 4 is 46.0 Å². The number of nitrogens with one attached hydrogen (secondary N) is 2. The molecule has 0 bridgehead atoms. The van der Waals surface area contributed by atoms with Gasteiger partial charge in [-0.1, -0.05) is 0 Å². The van der Waals surface area contributed by atoms with Crippen LogP contribution in [0.2, 0.25) is 0 Å². The molecule has 0 aliphatic heterocycles. The lowest BCUT2D eigenvalue weighted by molar-refractivity contribution is -0.116. The predicted octanol–water partition coefficient (Wildman–Crippen LogP) is 3.27. The van der Waals surface area contributed by atoms with Gasteiger partial charge in [0.2, 0.25) is 11.9 Å². The minimum Gasteiger partial charge on any atom is -0.508 e. The third kappa shape index (κ3) is 4.85. The Morgan fingerprint density at radius 1 is 1.03 bits per heavy atom. The third-order valence-corrected chi connectivity index (χ3v) is 5.68. The van der Waals surface area contributed by atoms with Gasteiger partial charge in [0, 0.05) is 29.5 Å². The van der Waals surface area contributed by atoms with Gasteiger partial charge in [-0.2, -0.15) is 15.1 Å². The fourth-order valence-corrected chi connectivity index (χ4v) is 4.00. The first kappa shape index (κ1) is 23.6. The highest BCUT2D eigenvalue weighted by Gasteiger charge is 2.21. The van der Waals surface area contributed by atoms with Crippen LogP contribution in [0.15, 0.2) is 54.6 Å². The van der Waals surface area contributed by atoms with Crippen LogP contribution in [0.3, 0.4) is 0 Å². The van der Waals surface area contributed by atoms with E-state index < -0.39 is 0 Å². The number of carbonyl (C=O) groups is 1. The summed E-state index contributed by atoms with van der Waals surface area (Å²) in [7, 11) is 0. The highest BCUT2D eigenvalue weighted by Crippen LogP contribution is 2.30. The zero-order chi connectivity index (χ0) is 26.1. The molecule has 2 aromatic carbocycles. The van der Waals surface area contributed by atoms with E-state index in [1.807, 2.05) is 32.0 Å². The molecular weight excluding hydrogens is 472 g/mol. The summed E-state index contributed by atoms with van der Waals surface area (Å²) in [6.07, 6.45) is 0. The number of aromatic hydroxyl groups is 1. The summed E-state index contributed by atoms with van der Waals surface area (Å²) in [4.78, 5) is 26.7. The third-order valence-electron chi connectivity index (χ3n) is 5.68. The normalized spacial score (nSPS) is 11.1. The van der Waals surface area contributed by atoms with Gasteiger partial charge in [-0.25, -0.2) is 9.67 Å². The quantitative estimate of drug-likeness (QED) is 0.211. The number of phenols is 1. The van der Waals surface area contributed by atoms with Crippen molar-refractivity contribution in [2.75, 3.05) is 22.1 Å². The van der Waals surface area contributed by atoms with Gasteiger partial charge >= 0.3 is 0 Å². The Hall–Kier alpha value is -5.13. The first-order valence-electron chi connectivity index (χ1n) is 11.6. The minimum atomic E-state index is -0.292. The number of aryl methyl sites for hydroxylation is 2. The van der Waals surface area contributed by atoms with Crippen molar-refractivity contribution in [3.8, 4) is 17.1 Å². The van der Waals surface area contributed by atoms with E-state index in [1.54, 1.807) is 45.6 Å². The Morgan fingerprint density at radius 2 is 1.76 bits per heavy atom. The zero-order valence-electron chi connectivity index (χ0n) is 20.3. The average molecular weight is 499 g/mol. The molecule has 5 rings (SSSR count). The van der Waals surface area contributed by atoms with E-state index >= 15 is 0 Å². The van der Waals surface area contributed by atoms with Crippen molar-refractivity contribution in [1.29, 1.82) is 0 Å². The maximum Gasteiger partial charge on any atom is 0.245 e. The Kier molecular flexibility index (Phi) is 6.05. The van der Waals surface area contributed by atoms with Gasteiger partial charge in [-0.3, -0.25) is 9.36 Å². The Balaban J connectivity index is 1.59. The number of aromatic nitrogens is 6. The lowest BCUT2D eigenvalue weighted by Gasteiger charge is -2.11. The molecule has 12 nitrogen and oxygen atoms in total. The summed E-state index contributed by atoms with van der Waals surface area (Å²) in [5.41, 5.74) is 15.5. The monoisotopic (exact) mass is 498 g/mol. The average Bonchev–Trinajstić information content (AvgIpc) is 3.40. The summed E-state index contributed by atoms with van der Waals surface area (Å²) in [5, 5.41) is 20.3. The summed E-state index contributed by atoms with van der Waals surface area (Å²) in [6.45, 7) is 4.33. The Bertz CT molecular complexity index is 1590. The molecule has 0 aliphatic rings. The predicted molar refractivity (Wildman–Crippen MR) is 142 cm³/mol. The molecule has 12 heteroatoms. The van der Waals surface area contributed by atoms with Crippen LogP contribution in [0.1, 0.15) is 12.6 Å². The van der Waals surface area contributed by atoms with Gasteiger partial charge in [0.1, 0.15) is 23.9 Å². The Morgan fingerprint density at radius 3 is 2.46 bits per heavy atom. The van der Waals surface area contributed by atoms with E-state index in [2.05, 4.69) is 25.7 Å². The topological polar surface area (TPSA) is 175 Å². The molecule has 5 aromatic rings. The largest absolute Gasteiger partial charge is 0.508 e. The molecule has 0 fully saturated rings. The number of phenolic OH excluding ortho intramolecular Hbond substituents is 1. The smallest absolute Gasteiger partial charge is 0.245 e. The fourth-order valence-electron chi connectivity index (χ4n) is 4.00. The number of amides is 1. The molecule has 0 saturated carbocycles. The number of nitrogens with two attached hydrogens (primary N) is 2. The molecule has 188 valence electrons. The number of anilines is 5. The van der Waals surface area contributed by atoms with E-state index in [4.69, 9.17) is 16.5 Å². The molecular formula is C25H26N10O2. The van der Waals surface area contributed by atoms with Gasteiger partial charge in [0.05, 0.1) is 5.69 Å². The number of carbonyl (C=O) groups excluding carboxylic acids is 1. The molecule has 0 aliphatic carbocycles. The van der Waals surface area contributed by atoms with Crippen molar-refractivity contribution < 1.29 is 9.90 Å². The van der Waals surface area contributed by atoms with Crippen LogP contribution in [0, 0.1) is 6.92 Å². The molecule has 1 amide bonds. The first-order valence-corrected chi connectivity index (χ1v) is 11.6. The van der Waals surface area contributed by atoms with Crippen molar-refractivity contribution in [3.63, 3.8) is 0 Å². The van der Waals surface area contributed by atoms with Gasteiger partial charge < -0.3 is 27.2 Å². The van der Waals surface area contributed by atoms with Crippen LogP contribution in [0.5, 0.6) is 5.75 Å². The maximum absolute atomic E-state index is 13.2. The first-order chi connectivity index (χ1) is 17.8. The fraction of sp³-hybridized carbons (Fsp3) is 0.160. The lowest BCUT2D eigenvalue weighted by Crippen LogP contribution is -2.21. The number of hydrogen-bond donors (Lipinski definition) is 5. The van der Waals surface area contributed by atoms with Gasteiger partial charge in [0.25, 0.3) is 0 Å². The van der Waals surface area contributed by atoms with Crippen LogP contribution in [0.25, 0.3) is 22.6 Å². The molecule has 0 atom stereocenters. The van der Waals surface area contributed by atoms with E-state index in [9.17, 15) is 9.90 Å². The highest BCUT2D eigenvalue weighted by molar-refractivity contribution is 5.94. The molecule has 0 radical (unpaired) electrons. The van der Waals surface area contributed by atoms with Crippen LogP contribution in [-0.2, 0) is 17.9 Å². The molecule has 3 heterocycles. The van der Waals surface area contributed by atoms with Gasteiger partial charge in [0.15, 0.2) is 17.0 Å². The van der Waals surface area contributed by atoms with Gasteiger partial charge in [-0.05, 0) is 62.4 Å². The van der Waals surface area contributed by atoms with Crippen molar-refractivity contribution in [2.45, 2.75) is 26.9 Å². The second-order valence-electron chi connectivity index (χ2n) is 8.45. The summed E-state index contributed by atoms with van der Waals surface area (Å²) < 4.78 is 3.39. The standard InChI is InChI=1S/C25H26N10O2/c1-3-35-19(12-14(2)33-35)29-20(37)13-34-23(15-4-10-18(36)11-5-15)30-21-22(31-25(27)32-24(21)34)28-17-8-6-16(26)7-9-17/h4-12,36H,3,13,26H2,1-2H3,(H,29,37)(H3,27,28,31,32). The molecule has 3 aromatic heterocycles. The molecule has 37 heavy (non-hydrogen) atoms. The number of rotatable bonds is 7.